The van der Waals surface area contributed by atoms with Gasteiger partial charge < -0.3 is 16.0 Å². The van der Waals surface area contributed by atoms with E-state index in [9.17, 15) is 4.79 Å². The van der Waals surface area contributed by atoms with Gasteiger partial charge in [0.25, 0.3) is 0 Å². The molecule has 1 amide bonds. The zero-order valence-electron chi connectivity index (χ0n) is 13.9. The summed E-state index contributed by atoms with van der Waals surface area (Å²) < 4.78 is 0. The first-order valence-electron chi connectivity index (χ1n) is 7.61. The maximum Gasteiger partial charge on any atom is 0.222 e. The molecule has 4 heteroatoms. The molecule has 4 nitrogen and oxygen atoms in total. The number of carbonyl (C=O) groups is 1. The predicted octanol–water partition coefficient (Wildman–Crippen LogP) is 2.45. The number of nitrogens with one attached hydrogen (secondary N) is 1. The highest BCUT2D eigenvalue weighted by molar-refractivity contribution is 5.78. The lowest BCUT2D eigenvalue weighted by Crippen LogP contribution is -2.47. The Morgan fingerprint density at radius 2 is 2.05 bits per heavy atom. The fourth-order valence-electron chi connectivity index (χ4n) is 2.46. The summed E-state index contributed by atoms with van der Waals surface area (Å²) >= 11 is 0. The van der Waals surface area contributed by atoms with Gasteiger partial charge in [0, 0.05) is 36.8 Å². The predicted molar refractivity (Wildman–Crippen MR) is 89.6 cm³/mol. The van der Waals surface area contributed by atoms with Crippen LogP contribution in [0.4, 0.5) is 5.69 Å². The Hall–Kier alpha value is -1.55. The highest BCUT2D eigenvalue weighted by Crippen LogP contribution is 2.19. The Morgan fingerprint density at radius 1 is 1.38 bits per heavy atom. The number of carbonyl (C=O) groups excluding carboxylic acids is 1. The van der Waals surface area contributed by atoms with Gasteiger partial charge in [-0.25, -0.2) is 0 Å². The molecule has 0 heterocycles. The van der Waals surface area contributed by atoms with Crippen molar-refractivity contribution < 1.29 is 4.79 Å². The van der Waals surface area contributed by atoms with Gasteiger partial charge in [0.2, 0.25) is 5.91 Å². The monoisotopic (exact) mass is 291 g/mol. The van der Waals surface area contributed by atoms with Crippen molar-refractivity contribution in [2.24, 2.45) is 5.73 Å². The summed E-state index contributed by atoms with van der Waals surface area (Å²) in [5.41, 5.74) is 8.03. The second-order valence-electron chi connectivity index (χ2n) is 6.52. The van der Waals surface area contributed by atoms with Crippen LogP contribution in [-0.4, -0.2) is 30.6 Å². The van der Waals surface area contributed by atoms with Crippen LogP contribution in [-0.2, 0) is 4.79 Å². The molecular formula is C17H29N3O. The van der Waals surface area contributed by atoms with Gasteiger partial charge >= 0.3 is 0 Å². The third kappa shape index (κ3) is 5.76. The number of nitrogens with zero attached hydrogens (tertiary/aromatic N) is 1. The van der Waals surface area contributed by atoms with Crippen molar-refractivity contribution in [3.8, 4) is 0 Å². The van der Waals surface area contributed by atoms with E-state index >= 15 is 0 Å². The zero-order valence-corrected chi connectivity index (χ0v) is 13.9. The summed E-state index contributed by atoms with van der Waals surface area (Å²) in [5, 5.41) is 3.00. The first-order chi connectivity index (χ1) is 9.76. The van der Waals surface area contributed by atoms with Gasteiger partial charge in [-0.3, -0.25) is 4.79 Å². The van der Waals surface area contributed by atoms with E-state index in [0.29, 0.717) is 13.0 Å². The van der Waals surface area contributed by atoms with E-state index in [2.05, 4.69) is 42.3 Å². The van der Waals surface area contributed by atoms with Crippen molar-refractivity contribution in [1.29, 1.82) is 0 Å². The lowest BCUT2D eigenvalue weighted by molar-refractivity contribution is -0.122. The molecule has 0 radical (unpaired) electrons. The molecule has 0 aliphatic rings. The Morgan fingerprint density at radius 3 is 2.52 bits per heavy atom. The lowest BCUT2D eigenvalue weighted by Gasteiger charge is -2.33. The summed E-state index contributed by atoms with van der Waals surface area (Å²) in [6.07, 6.45) is 0.412. The van der Waals surface area contributed by atoms with Gasteiger partial charge in [-0.15, -0.1) is 0 Å². The minimum absolute atomic E-state index is 0.0131. The van der Waals surface area contributed by atoms with Crippen LogP contribution >= 0.6 is 0 Å². The number of hydrogen-bond acceptors (Lipinski definition) is 3. The van der Waals surface area contributed by atoms with E-state index in [0.717, 1.165) is 12.2 Å². The number of likely N-dealkylation sites (N-methyl/N-ethyl adjacent to an activating group) is 1. The summed E-state index contributed by atoms with van der Waals surface area (Å²) in [5.74, 6) is 0.0454. The van der Waals surface area contributed by atoms with Crippen molar-refractivity contribution >= 4 is 11.6 Å². The normalized spacial score (nSPS) is 12.9. The van der Waals surface area contributed by atoms with Crippen LogP contribution in [0.5, 0.6) is 0 Å². The maximum absolute atomic E-state index is 12.2. The molecule has 1 aromatic rings. The minimum Gasteiger partial charge on any atom is -0.367 e. The summed E-state index contributed by atoms with van der Waals surface area (Å²) in [6.45, 7) is 11.4. The van der Waals surface area contributed by atoms with E-state index in [1.54, 1.807) is 0 Å². The number of amides is 1. The molecule has 1 aromatic carbocycles. The van der Waals surface area contributed by atoms with Crippen LogP contribution in [0.1, 0.15) is 39.7 Å². The molecule has 3 N–H and O–H groups in total. The van der Waals surface area contributed by atoms with Crippen LogP contribution < -0.4 is 16.0 Å². The molecule has 118 valence electrons. The van der Waals surface area contributed by atoms with E-state index < -0.39 is 0 Å². The smallest absolute Gasteiger partial charge is 0.222 e. The zero-order chi connectivity index (χ0) is 16.0. The Kier molecular flexibility index (Phi) is 6.21. The van der Waals surface area contributed by atoms with Gasteiger partial charge in [0.1, 0.15) is 0 Å². The van der Waals surface area contributed by atoms with E-state index in [1.165, 1.54) is 5.56 Å². The van der Waals surface area contributed by atoms with E-state index in [4.69, 9.17) is 5.73 Å². The third-order valence-electron chi connectivity index (χ3n) is 3.32. The molecule has 1 atom stereocenters. The average Bonchev–Trinajstić information content (AvgIpc) is 2.36. The van der Waals surface area contributed by atoms with Crippen LogP contribution in [0.25, 0.3) is 0 Å². The van der Waals surface area contributed by atoms with Crippen LogP contribution in [0.2, 0.25) is 0 Å². The molecule has 1 rings (SSSR count). The minimum atomic E-state index is -0.212. The maximum atomic E-state index is 12.2. The van der Waals surface area contributed by atoms with Gasteiger partial charge in [0.05, 0.1) is 0 Å². The topological polar surface area (TPSA) is 58.4 Å². The lowest BCUT2D eigenvalue weighted by atomic mass is 10.1. The van der Waals surface area contributed by atoms with Crippen LogP contribution in [0.3, 0.4) is 0 Å². The number of rotatable bonds is 6. The summed E-state index contributed by atoms with van der Waals surface area (Å²) in [6, 6.07) is 8.32. The average molecular weight is 291 g/mol. The third-order valence-corrected chi connectivity index (χ3v) is 3.32. The second-order valence-corrected chi connectivity index (χ2v) is 6.52. The Balaban J connectivity index is 2.83. The number of aryl methyl sites for hydroxylation is 1. The van der Waals surface area contributed by atoms with Crippen molar-refractivity contribution in [2.75, 3.05) is 18.0 Å². The highest BCUT2D eigenvalue weighted by atomic mass is 16.1. The molecule has 0 aliphatic heterocycles. The fourth-order valence-corrected chi connectivity index (χ4v) is 2.46. The molecule has 0 spiro atoms. The largest absolute Gasteiger partial charge is 0.367 e. The van der Waals surface area contributed by atoms with Gasteiger partial charge in [-0.2, -0.15) is 0 Å². The Bertz CT molecular complexity index is 465. The molecule has 0 saturated heterocycles. The second kappa shape index (κ2) is 7.46. The molecule has 0 fully saturated rings. The number of anilines is 1. The molecule has 0 aliphatic carbocycles. The van der Waals surface area contributed by atoms with E-state index in [-0.39, 0.29) is 17.5 Å². The standard InChI is InChI=1S/C17H29N3O/c1-6-20(14-9-7-8-13(2)10-14)15(12-18)11-16(21)19-17(3,4)5/h7-10,15H,6,11-12,18H2,1-5H3,(H,19,21). The number of benzene rings is 1. The first kappa shape index (κ1) is 17.5. The van der Waals surface area contributed by atoms with Crippen molar-refractivity contribution in [3.63, 3.8) is 0 Å². The number of nitrogens with two attached hydrogens (primary N) is 1. The molecule has 21 heavy (non-hydrogen) atoms. The summed E-state index contributed by atoms with van der Waals surface area (Å²) in [7, 11) is 0. The van der Waals surface area contributed by atoms with Crippen LogP contribution in [0.15, 0.2) is 24.3 Å². The van der Waals surface area contributed by atoms with Crippen molar-refractivity contribution in [3.05, 3.63) is 29.8 Å². The van der Waals surface area contributed by atoms with Crippen molar-refractivity contribution in [2.45, 2.75) is 52.6 Å². The van der Waals surface area contributed by atoms with E-state index in [1.807, 2.05) is 26.8 Å². The van der Waals surface area contributed by atoms with Gasteiger partial charge in [-0.1, -0.05) is 12.1 Å². The highest BCUT2D eigenvalue weighted by Gasteiger charge is 2.22. The SMILES string of the molecule is CCN(c1cccc(C)c1)C(CN)CC(=O)NC(C)(C)C. The molecule has 0 aromatic heterocycles. The fraction of sp³-hybridized carbons (Fsp3) is 0.588. The Labute approximate surface area is 128 Å². The summed E-state index contributed by atoms with van der Waals surface area (Å²) in [4.78, 5) is 14.4. The molecular weight excluding hydrogens is 262 g/mol. The van der Waals surface area contributed by atoms with Crippen LogP contribution in [0, 0.1) is 6.92 Å². The quantitative estimate of drug-likeness (QED) is 0.846. The molecule has 1 unspecified atom stereocenters. The van der Waals surface area contributed by atoms with Crippen molar-refractivity contribution in [1.82, 2.24) is 5.32 Å². The number of hydrogen-bond donors (Lipinski definition) is 2. The first-order valence-corrected chi connectivity index (χ1v) is 7.61. The van der Waals surface area contributed by atoms with Gasteiger partial charge in [0.15, 0.2) is 0 Å². The van der Waals surface area contributed by atoms with Gasteiger partial charge in [-0.05, 0) is 52.3 Å². The molecule has 0 bridgehead atoms. The molecule has 0 saturated carbocycles.